The van der Waals surface area contributed by atoms with Gasteiger partial charge in [-0.3, -0.25) is 4.68 Å². The Labute approximate surface area is 80.3 Å². The van der Waals surface area contributed by atoms with Gasteiger partial charge in [0, 0.05) is 0 Å². The van der Waals surface area contributed by atoms with Gasteiger partial charge in [0.1, 0.15) is 0 Å². The van der Waals surface area contributed by atoms with Gasteiger partial charge in [0.2, 0.25) is 0 Å². The average Bonchev–Trinajstić information content (AvgIpc) is 2.71. The van der Waals surface area contributed by atoms with Crippen molar-refractivity contribution < 1.29 is 14.3 Å². The van der Waals surface area contributed by atoms with E-state index in [0.29, 0.717) is 12.8 Å². The van der Waals surface area contributed by atoms with Crippen molar-refractivity contribution >= 4 is 5.97 Å². The predicted octanol–water partition coefficient (Wildman–Crippen LogP) is 1.38. The van der Waals surface area contributed by atoms with E-state index in [0.717, 1.165) is 25.2 Å². The summed E-state index contributed by atoms with van der Waals surface area (Å²) >= 11 is 0. The Hall–Kier alpha value is -1.39. The maximum Gasteiger partial charge on any atom is 0.331 e. The second-order valence-electron chi connectivity index (χ2n) is 3.65. The van der Waals surface area contributed by atoms with Crippen LogP contribution in [0.4, 0.5) is 4.39 Å². The molecule has 4 nitrogen and oxygen atoms in total. The van der Waals surface area contributed by atoms with Gasteiger partial charge in [-0.05, 0) is 12.8 Å². The van der Waals surface area contributed by atoms with Crippen LogP contribution >= 0.6 is 0 Å². The van der Waals surface area contributed by atoms with Crippen LogP contribution in [0.25, 0.3) is 0 Å². The van der Waals surface area contributed by atoms with Gasteiger partial charge < -0.3 is 5.11 Å². The molecule has 1 aliphatic rings. The first kappa shape index (κ1) is 9.18. The predicted molar refractivity (Wildman–Crippen MR) is 46.3 cm³/mol. The number of aromatic nitrogens is 2. The lowest BCUT2D eigenvalue weighted by Gasteiger charge is -2.23. The number of carboxylic acids is 1. The van der Waals surface area contributed by atoms with Crippen LogP contribution in [0.15, 0.2) is 12.4 Å². The molecule has 5 heteroatoms. The fourth-order valence-corrected chi connectivity index (χ4v) is 2.04. The molecule has 1 aromatic rings. The number of halogens is 1. The van der Waals surface area contributed by atoms with Gasteiger partial charge in [0.25, 0.3) is 0 Å². The molecule has 0 saturated heterocycles. The van der Waals surface area contributed by atoms with Crippen LogP contribution in [-0.2, 0) is 10.3 Å². The summed E-state index contributed by atoms with van der Waals surface area (Å²) in [5.41, 5.74) is -1.01. The molecule has 0 aliphatic heterocycles. The molecule has 1 aliphatic carbocycles. The quantitative estimate of drug-likeness (QED) is 0.780. The van der Waals surface area contributed by atoms with Crippen LogP contribution in [0.2, 0.25) is 0 Å². The Kier molecular flexibility index (Phi) is 2.02. The highest BCUT2D eigenvalue weighted by Crippen LogP contribution is 2.36. The standard InChI is InChI=1S/C9H11FN2O2/c10-7-5-11-12(6-7)9(8(13)14)3-1-2-4-9/h5-6H,1-4H2,(H,13,14). The summed E-state index contributed by atoms with van der Waals surface area (Å²) in [4.78, 5) is 11.1. The smallest absolute Gasteiger partial charge is 0.331 e. The van der Waals surface area contributed by atoms with E-state index in [1.807, 2.05) is 0 Å². The first-order valence-corrected chi connectivity index (χ1v) is 4.59. The van der Waals surface area contributed by atoms with Gasteiger partial charge >= 0.3 is 5.97 Å². The highest BCUT2D eigenvalue weighted by atomic mass is 19.1. The molecule has 14 heavy (non-hydrogen) atoms. The van der Waals surface area contributed by atoms with Crippen molar-refractivity contribution in [1.29, 1.82) is 0 Å². The van der Waals surface area contributed by atoms with E-state index in [1.165, 1.54) is 4.68 Å². The third-order valence-corrected chi connectivity index (χ3v) is 2.82. The number of hydrogen-bond acceptors (Lipinski definition) is 2. The highest BCUT2D eigenvalue weighted by molar-refractivity contribution is 5.76. The number of aliphatic carboxylic acids is 1. The fourth-order valence-electron chi connectivity index (χ4n) is 2.04. The van der Waals surface area contributed by atoms with Gasteiger partial charge in [0.15, 0.2) is 11.4 Å². The van der Waals surface area contributed by atoms with Crippen LogP contribution in [0.1, 0.15) is 25.7 Å². The number of carbonyl (C=O) groups is 1. The summed E-state index contributed by atoms with van der Waals surface area (Å²) in [6, 6.07) is 0. The van der Waals surface area contributed by atoms with E-state index in [-0.39, 0.29) is 0 Å². The van der Waals surface area contributed by atoms with E-state index in [4.69, 9.17) is 5.11 Å². The van der Waals surface area contributed by atoms with Crippen LogP contribution in [0, 0.1) is 5.82 Å². The molecule has 0 unspecified atom stereocenters. The molecule has 1 saturated carbocycles. The number of rotatable bonds is 2. The minimum atomic E-state index is -1.01. The van der Waals surface area contributed by atoms with Crippen molar-refractivity contribution in [1.82, 2.24) is 9.78 Å². The van der Waals surface area contributed by atoms with E-state index < -0.39 is 17.3 Å². The zero-order valence-electron chi connectivity index (χ0n) is 7.61. The lowest BCUT2D eigenvalue weighted by atomic mass is 9.98. The molecule has 1 heterocycles. The van der Waals surface area contributed by atoms with Crippen molar-refractivity contribution in [3.63, 3.8) is 0 Å². The van der Waals surface area contributed by atoms with Gasteiger partial charge in [-0.1, -0.05) is 12.8 Å². The molecular weight excluding hydrogens is 187 g/mol. The molecule has 0 amide bonds. The first-order valence-electron chi connectivity index (χ1n) is 4.59. The zero-order valence-corrected chi connectivity index (χ0v) is 7.61. The third kappa shape index (κ3) is 1.20. The summed E-state index contributed by atoms with van der Waals surface area (Å²) in [5, 5.41) is 12.9. The molecule has 0 bridgehead atoms. The Morgan fingerprint density at radius 1 is 1.57 bits per heavy atom. The lowest BCUT2D eigenvalue weighted by Crippen LogP contribution is -2.39. The monoisotopic (exact) mass is 198 g/mol. The van der Waals surface area contributed by atoms with Gasteiger partial charge in [-0.15, -0.1) is 0 Å². The van der Waals surface area contributed by atoms with Crippen LogP contribution in [-0.4, -0.2) is 20.9 Å². The SMILES string of the molecule is O=C(O)C1(n2cc(F)cn2)CCCC1. The average molecular weight is 198 g/mol. The van der Waals surface area contributed by atoms with Crippen LogP contribution in [0.3, 0.4) is 0 Å². The van der Waals surface area contributed by atoms with Gasteiger partial charge in [-0.25, -0.2) is 9.18 Å². The second-order valence-corrected chi connectivity index (χ2v) is 3.65. The molecule has 0 atom stereocenters. The Balaban J connectivity index is 2.41. The summed E-state index contributed by atoms with van der Waals surface area (Å²) in [5.74, 6) is -1.41. The van der Waals surface area contributed by atoms with E-state index in [2.05, 4.69) is 5.10 Å². The number of nitrogens with zero attached hydrogens (tertiary/aromatic N) is 2. The topological polar surface area (TPSA) is 55.1 Å². The Morgan fingerprint density at radius 2 is 2.21 bits per heavy atom. The maximum absolute atomic E-state index is 12.7. The number of hydrogen-bond donors (Lipinski definition) is 1. The largest absolute Gasteiger partial charge is 0.479 e. The first-order chi connectivity index (χ1) is 6.65. The lowest BCUT2D eigenvalue weighted by molar-refractivity contribution is -0.147. The van der Waals surface area contributed by atoms with Crippen molar-refractivity contribution in [2.45, 2.75) is 31.2 Å². The summed E-state index contributed by atoms with van der Waals surface area (Å²) in [6.07, 6.45) is 4.97. The minimum Gasteiger partial charge on any atom is -0.479 e. The van der Waals surface area contributed by atoms with Crippen molar-refractivity contribution in [3.05, 3.63) is 18.2 Å². The normalized spacial score (nSPS) is 19.8. The van der Waals surface area contributed by atoms with Crippen molar-refractivity contribution in [2.24, 2.45) is 0 Å². The Bertz CT molecular complexity index is 355. The highest BCUT2D eigenvalue weighted by Gasteiger charge is 2.43. The molecule has 2 rings (SSSR count). The second kappa shape index (κ2) is 3.08. The van der Waals surface area contributed by atoms with Crippen LogP contribution < -0.4 is 0 Å². The maximum atomic E-state index is 12.7. The fraction of sp³-hybridized carbons (Fsp3) is 0.556. The molecule has 0 spiro atoms. The third-order valence-electron chi connectivity index (χ3n) is 2.82. The van der Waals surface area contributed by atoms with Crippen molar-refractivity contribution in [3.8, 4) is 0 Å². The van der Waals surface area contributed by atoms with E-state index >= 15 is 0 Å². The van der Waals surface area contributed by atoms with E-state index in [1.54, 1.807) is 0 Å². The molecule has 1 aromatic heterocycles. The zero-order chi connectivity index (χ0) is 10.2. The molecular formula is C9H11FN2O2. The molecule has 0 radical (unpaired) electrons. The van der Waals surface area contributed by atoms with Crippen molar-refractivity contribution in [2.75, 3.05) is 0 Å². The number of carboxylic acid groups (broad SMARTS) is 1. The Morgan fingerprint density at radius 3 is 2.64 bits per heavy atom. The summed E-state index contributed by atoms with van der Waals surface area (Å²) in [6.45, 7) is 0. The molecule has 0 aromatic carbocycles. The molecule has 76 valence electrons. The van der Waals surface area contributed by atoms with Gasteiger partial charge in [0.05, 0.1) is 12.4 Å². The minimum absolute atomic E-state index is 0.488. The van der Waals surface area contributed by atoms with Gasteiger partial charge in [-0.2, -0.15) is 5.10 Å². The molecule has 1 N–H and O–H groups in total. The van der Waals surface area contributed by atoms with E-state index in [9.17, 15) is 9.18 Å². The summed E-state index contributed by atoms with van der Waals surface area (Å²) < 4.78 is 14.0. The molecule has 1 fully saturated rings. The van der Waals surface area contributed by atoms with Crippen LogP contribution in [0.5, 0.6) is 0 Å². The summed E-state index contributed by atoms with van der Waals surface area (Å²) in [7, 11) is 0.